The highest BCUT2D eigenvalue weighted by atomic mass is 16.5. The molecule has 1 atom stereocenters. The van der Waals surface area contributed by atoms with Crippen LogP contribution in [0.25, 0.3) is 39.3 Å². The zero-order valence-corrected chi connectivity index (χ0v) is 29.5. The second-order valence-electron chi connectivity index (χ2n) is 14.8. The second-order valence-corrected chi connectivity index (χ2v) is 14.8. The molecule has 3 aliphatic heterocycles. The van der Waals surface area contributed by atoms with Crippen molar-refractivity contribution in [1.29, 1.82) is 0 Å². The molecule has 266 valence electrons. The lowest BCUT2D eigenvalue weighted by Crippen LogP contribution is -2.43. The number of benzene rings is 1. The number of carbonyl (C=O) groups is 2. The molecular formula is C39H42N10O3. The molecule has 0 unspecified atom stereocenters. The van der Waals surface area contributed by atoms with Crippen molar-refractivity contribution in [3.05, 3.63) is 72.7 Å². The number of nitrogens with one attached hydrogen (secondary N) is 1. The van der Waals surface area contributed by atoms with E-state index in [4.69, 9.17) is 9.72 Å². The highest BCUT2D eigenvalue weighted by Gasteiger charge is 2.51. The van der Waals surface area contributed by atoms with Crippen LogP contribution in [0.2, 0.25) is 0 Å². The third-order valence-electron chi connectivity index (χ3n) is 10.8. The zero-order valence-electron chi connectivity index (χ0n) is 29.5. The van der Waals surface area contributed by atoms with Crippen molar-refractivity contribution in [2.24, 2.45) is 5.41 Å². The van der Waals surface area contributed by atoms with Crippen LogP contribution in [0.15, 0.2) is 67.1 Å². The first-order chi connectivity index (χ1) is 25.3. The summed E-state index contributed by atoms with van der Waals surface area (Å²) >= 11 is 0. The van der Waals surface area contributed by atoms with Crippen LogP contribution >= 0.6 is 0 Å². The second kappa shape index (κ2) is 13.0. The summed E-state index contributed by atoms with van der Waals surface area (Å²) in [6, 6.07) is 16.5. The van der Waals surface area contributed by atoms with Gasteiger partial charge < -0.3 is 9.64 Å². The molecule has 2 amide bonds. The lowest BCUT2D eigenvalue weighted by molar-refractivity contribution is -0.132. The Labute approximate surface area is 301 Å². The van der Waals surface area contributed by atoms with Gasteiger partial charge in [0, 0.05) is 49.6 Å². The Balaban J connectivity index is 0.813. The molecule has 1 N–H and O–H groups in total. The average molecular weight is 699 g/mol. The number of likely N-dealkylation sites (tertiary alicyclic amines) is 1. The third-order valence-corrected chi connectivity index (χ3v) is 10.8. The minimum atomic E-state index is -0.501. The molecule has 7 heterocycles. The van der Waals surface area contributed by atoms with Gasteiger partial charge in [0.25, 0.3) is 0 Å². The normalized spacial score (nSPS) is 20.8. The van der Waals surface area contributed by atoms with Gasteiger partial charge in [0.05, 0.1) is 29.6 Å². The molecule has 1 spiro atoms. The van der Waals surface area contributed by atoms with E-state index in [1.165, 1.54) is 24.0 Å². The summed E-state index contributed by atoms with van der Waals surface area (Å²) in [5, 5.41) is 12.2. The summed E-state index contributed by atoms with van der Waals surface area (Å²) < 4.78 is 7.66. The van der Waals surface area contributed by atoms with Crippen LogP contribution < -0.4 is 9.64 Å². The van der Waals surface area contributed by atoms with E-state index in [9.17, 15) is 9.59 Å². The fraction of sp³-hybridized carbons (Fsp3) is 0.410. The Morgan fingerprint density at radius 1 is 0.981 bits per heavy atom. The van der Waals surface area contributed by atoms with Crippen LogP contribution in [-0.2, 0) is 9.59 Å². The SMILES string of the molecule is CC(C)Oc1ccc(-c2n[nH]c3ccc(N4CC[C@]5(CCN(CC(=O)N6CC=C(c7ccc(-c8ncn(C9CC9)n8)cc7)CC6)C5)C4=O)nc23)cn1. The molecule has 4 aliphatic rings. The van der Waals surface area contributed by atoms with Gasteiger partial charge in [-0.25, -0.2) is 19.6 Å². The van der Waals surface area contributed by atoms with E-state index < -0.39 is 5.41 Å². The monoisotopic (exact) mass is 698 g/mol. The predicted molar refractivity (Wildman–Crippen MR) is 196 cm³/mol. The number of aromatic nitrogens is 7. The third kappa shape index (κ3) is 6.12. The van der Waals surface area contributed by atoms with Gasteiger partial charge in [-0.05, 0) is 81.8 Å². The molecule has 9 rings (SSSR count). The molecule has 13 nitrogen and oxygen atoms in total. The van der Waals surface area contributed by atoms with Crippen LogP contribution in [0.1, 0.15) is 57.6 Å². The molecule has 3 fully saturated rings. The Hall–Kier alpha value is -5.43. The number of aromatic amines is 1. The molecular weight excluding hydrogens is 656 g/mol. The first-order valence-electron chi connectivity index (χ1n) is 18.3. The van der Waals surface area contributed by atoms with E-state index >= 15 is 0 Å². The maximum atomic E-state index is 14.0. The van der Waals surface area contributed by atoms with E-state index in [1.807, 2.05) is 54.0 Å². The molecule has 13 heteroatoms. The molecule has 1 saturated carbocycles. The number of hydrogen-bond donors (Lipinski definition) is 1. The molecule has 0 bridgehead atoms. The predicted octanol–water partition coefficient (Wildman–Crippen LogP) is 5.15. The maximum absolute atomic E-state index is 14.0. The van der Waals surface area contributed by atoms with Gasteiger partial charge in [-0.15, -0.1) is 0 Å². The van der Waals surface area contributed by atoms with E-state index in [0.717, 1.165) is 48.3 Å². The largest absolute Gasteiger partial charge is 0.475 e. The summed E-state index contributed by atoms with van der Waals surface area (Å²) in [7, 11) is 0. The Morgan fingerprint density at radius 2 is 1.79 bits per heavy atom. The maximum Gasteiger partial charge on any atom is 0.237 e. The Morgan fingerprint density at radius 3 is 2.54 bits per heavy atom. The lowest BCUT2D eigenvalue weighted by atomic mass is 9.85. The molecule has 0 radical (unpaired) electrons. The highest BCUT2D eigenvalue weighted by Crippen LogP contribution is 2.42. The molecule has 1 aliphatic carbocycles. The molecule has 2 saturated heterocycles. The van der Waals surface area contributed by atoms with Gasteiger partial charge in [-0.2, -0.15) is 10.2 Å². The smallest absolute Gasteiger partial charge is 0.237 e. The topological polar surface area (TPSA) is 138 Å². The first kappa shape index (κ1) is 32.5. The summed E-state index contributed by atoms with van der Waals surface area (Å²) in [6.07, 6.45) is 10.4. The lowest BCUT2D eigenvalue weighted by Gasteiger charge is -2.29. The number of amides is 2. The Bertz CT molecular complexity index is 2170. The van der Waals surface area contributed by atoms with Crippen molar-refractivity contribution < 1.29 is 14.3 Å². The summed E-state index contributed by atoms with van der Waals surface area (Å²) in [5.74, 6) is 2.13. The quantitative estimate of drug-likeness (QED) is 0.222. The minimum absolute atomic E-state index is 0.0335. The van der Waals surface area contributed by atoms with Crippen LogP contribution in [0.4, 0.5) is 5.82 Å². The number of nitrogens with zero attached hydrogens (tertiary/aromatic N) is 9. The van der Waals surface area contributed by atoms with Crippen molar-refractivity contribution in [2.75, 3.05) is 44.2 Å². The minimum Gasteiger partial charge on any atom is -0.475 e. The summed E-state index contributed by atoms with van der Waals surface area (Å²) in [6.45, 7) is 7.42. The first-order valence-corrected chi connectivity index (χ1v) is 18.3. The van der Waals surface area contributed by atoms with Gasteiger partial charge in [0.2, 0.25) is 17.7 Å². The highest BCUT2D eigenvalue weighted by molar-refractivity contribution is 6.01. The fourth-order valence-corrected chi connectivity index (χ4v) is 7.79. The van der Waals surface area contributed by atoms with Gasteiger partial charge in [0.1, 0.15) is 23.4 Å². The summed E-state index contributed by atoms with van der Waals surface area (Å²) in [5.41, 5.74) is 5.90. The number of H-pyrrole nitrogens is 1. The van der Waals surface area contributed by atoms with Gasteiger partial charge in [-0.3, -0.25) is 24.5 Å². The van der Waals surface area contributed by atoms with Crippen LogP contribution in [-0.4, -0.2) is 102 Å². The van der Waals surface area contributed by atoms with Crippen molar-refractivity contribution in [3.63, 3.8) is 0 Å². The van der Waals surface area contributed by atoms with Gasteiger partial charge in [0.15, 0.2) is 5.82 Å². The van der Waals surface area contributed by atoms with Crippen LogP contribution in [0.3, 0.4) is 0 Å². The number of carbonyl (C=O) groups excluding carboxylic acids is 2. The molecule has 4 aromatic heterocycles. The number of rotatable bonds is 9. The number of anilines is 1. The van der Waals surface area contributed by atoms with E-state index in [-0.39, 0.29) is 17.9 Å². The molecule has 52 heavy (non-hydrogen) atoms. The summed E-state index contributed by atoms with van der Waals surface area (Å²) in [4.78, 5) is 47.2. The fourth-order valence-electron chi connectivity index (χ4n) is 7.79. The number of ether oxygens (including phenoxy) is 1. The molecule has 1 aromatic carbocycles. The van der Waals surface area contributed by atoms with Crippen LogP contribution in [0.5, 0.6) is 5.88 Å². The standard InChI is InChI=1S/C39H42N10O3/c1-25(2)52-33-12-7-29(21-40-33)35-36-31(43-44-35)10-11-32(42-36)48-20-16-39(38(48)51)15-19-46(23-39)22-34(50)47-17-13-27(14-18-47)26-3-5-28(6-4-26)37-41-24-49(45-37)30-8-9-30/h3-7,10-13,21,24-25,30H,8-9,14-20,22-23H2,1-2H3,(H,43,44)/t39-/m0/s1. The van der Waals surface area contributed by atoms with Gasteiger partial charge >= 0.3 is 0 Å². The van der Waals surface area contributed by atoms with Crippen molar-refractivity contribution in [1.82, 2.24) is 44.7 Å². The number of pyridine rings is 2. The van der Waals surface area contributed by atoms with Crippen LogP contribution in [0, 0.1) is 5.41 Å². The number of fused-ring (bicyclic) bond motifs is 1. The van der Waals surface area contributed by atoms with Crippen molar-refractivity contribution in [3.8, 4) is 28.5 Å². The number of hydrogen-bond acceptors (Lipinski definition) is 9. The average Bonchev–Trinajstić information content (AvgIpc) is 3.45. The van der Waals surface area contributed by atoms with Crippen molar-refractivity contribution >= 4 is 34.2 Å². The van der Waals surface area contributed by atoms with E-state index in [0.29, 0.717) is 61.7 Å². The van der Waals surface area contributed by atoms with Crippen molar-refractivity contribution in [2.45, 2.75) is 58.1 Å². The van der Waals surface area contributed by atoms with E-state index in [1.54, 1.807) is 11.1 Å². The molecule has 5 aromatic rings. The van der Waals surface area contributed by atoms with Gasteiger partial charge in [-0.1, -0.05) is 30.3 Å². The Kier molecular flexibility index (Phi) is 8.09. The van der Waals surface area contributed by atoms with E-state index in [2.05, 4.69) is 60.5 Å². The zero-order chi connectivity index (χ0) is 35.4.